The second kappa shape index (κ2) is 5.37. The zero-order valence-corrected chi connectivity index (χ0v) is 10.2. The highest BCUT2D eigenvalue weighted by Gasteiger charge is 2.18. The maximum atomic E-state index is 13.0. The maximum absolute atomic E-state index is 13.0. The minimum atomic E-state index is -0.605. The number of halogens is 2. The molecular formula is C11H12BrFO2. The van der Waals surface area contributed by atoms with Crippen LogP contribution in [0.5, 0.6) is 0 Å². The number of hydrogen-bond acceptors (Lipinski definition) is 2. The van der Waals surface area contributed by atoms with Crippen LogP contribution in [0.1, 0.15) is 25.0 Å². The van der Waals surface area contributed by atoms with Crippen molar-refractivity contribution in [2.45, 2.75) is 19.4 Å². The Labute approximate surface area is 96.6 Å². The number of ether oxygens (including phenoxy) is 1. The van der Waals surface area contributed by atoms with Crippen LogP contribution in [0.25, 0.3) is 0 Å². The van der Waals surface area contributed by atoms with Crippen molar-refractivity contribution in [2.75, 3.05) is 7.11 Å². The van der Waals surface area contributed by atoms with E-state index in [-0.39, 0.29) is 11.6 Å². The van der Waals surface area contributed by atoms with Gasteiger partial charge >= 0.3 is 0 Å². The summed E-state index contributed by atoms with van der Waals surface area (Å²) in [5.41, 5.74) is 0.664. The number of methoxy groups -OCH3 is 1. The predicted octanol–water partition coefficient (Wildman–Crippen LogP) is 3.25. The number of rotatable bonds is 4. The fraction of sp³-hybridized carbons (Fsp3) is 0.364. The van der Waals surface area contributed by atoms with E-state index in [1.165, 1.54) is 13.2 Å². The van der Waals surface area contributed by atoms with Gasteiger partial charge in [-0.05, 0) is 33.6 Å². The van der Waals surface area contributed by atoms with E-state index in [0.717, 1.165) is 0 Å². The monoisotopic (exact) mass is 274 g/mol. The van der Waals surface area contributed by atoms with Crippen molar-refractivity contribution in [2.24, 2.45) is 0 Å². The first-order chi connectivity index (χ1) is 7.10. The number of carbonyl (C=O) groups excluding carboxylic acids is 1. The van der Waals surface area contributed by atoms with Gasteiger partial charge in [0.1, 0.15) is 11.9 Å². The minimum absolute atomic E-state index is 0.0176. The molecule has 0 N–H and O–H groups in total. The smallest absolute Gasteiger partial charge is 0.165 e. The van der Waals surface area contributed by atoms with Gasteiger partial charge in [0.05, 0.1) is 4.47 Å². The molecule has 1 rings (SSSR count). The molecule has 1 aromatic rings. The van der Waals surface area contributed by atoms with E-state index in [1.54, 1.807) is 19.1 Å². The summed E-state index contributed by atoms with van der Waals surface area (Å²) in [6, 6.07) is 4.44. The minimum Gasteiger partial charge on any atom is -0.369 e. The molecule has 0 radical (unpaired) electrons. The zero-order valence-electron chi connectivity index (χ0n) is 8.59. The van der Waals surface area contributed by atoms with Crippen LogP contribution in [0, 0.1) is 5.82 Å². The zero-order chi connectivity index (χ0) is 11.4. The molecule has 0 bridgehead atoms. The average Bonchev–Trinajstić information content (AvgIpc) is 2.24. The lowest BCUT2D eigenvalue weighted by molar-refractivity contribution is -0.128. The van der Waals surface area contributed by atoms with Gasteiger partial charge in [-0.2, -0.15) is 0 Å². The molecule has 15 heavy (non-hydrogen) atoms. The predicted molar refractivity (Wildman–Crippen MR) is 59.1 cm³/mol. The second-order valence-electron chi connectivity index (χ2n) is 3.11. The van der Waals surface area contributed by atoms with Gasteiger partial charge in [0.15, 0.2) is 5.78 Å². The fourth-order valence-corrected chi connectivity index (χ4v) is 1.71. The SMILES string of the molecule is CCC(=O)C(OC)c1ccc(F)c(Br)c1. The van der Waals surface area contributed by atoms with Crippen molar-refractivity contribution in [1.82, 2.24) is 0 Å². The van der Waals surface area contributed by atoms with E-state index in [9.17, 15) is 9.18 Å². The molecular weight excluding hydrogens is 263 g/mol. The Morgan fingerprint density at radius 1 is 1.60 bits per heavy atom. The lowest BCUT2D eigenvalue weighted by atomic mass is 10.0. The van der Waals surface area contributed by atoms with Gasteiger partial charge in [-0.15, -0.1) is 0 Å². The van der Waals surface area contributed by atoms with E-state index in [0.29, 0.717) is 16.5 Å². The van der Waals surface area contributed by atoms with Crippen LogP contribution in [0.2, 0.25) is 0 Å². The summed E-state index contributed by atoms with van der Waals surface area (Å²) in [6.07, 6.45) is -0.208. The normalized spacial score (nSPS) is 12.5. The highest BCUT2D eigenvalue weighted by atomic mass is 79.9. The van der Waals surface area contributed by atoms with Crippen molar-refractivity contribution < 1.29 is 13.9 Å². The molecule has 0 heterocycles. The Bertz CT molecular complexity index is 366. The maximum Gasteiger partial charge on any atom is 0.165 e. The van der Waals surface area contributed by atoms with Gasteiger partial charge in [0, 0.05) is 13.5 Å². The van der Waals surface area contributed by atoms with Gasteiger partial charge < -0.3 is 4.74 Å². The van der Waals surface area contributed by atoms with Crippen LogP contribution in [-0.4, -0.2) is 12.9 Å². The first kappa shape index (κ1) is 12.3. The number of hydrogen-bond donors (Lipinski definition) is 0. The van der Waals surface area contributed by atoms with Crippen LogP contribution >= 0.6 is 15.9 Å². The molecule has 0 fully saturated rings. The number of carbonyl (C=O) groups is 1. The van der Waals surface area contributed by atoms with Gasteiger partial charge in [-0.25, -0.2) is 4.39 Å². The molecule has 1 atom stereocenters. The molecule has 2 nitrogen and oxygen atoms in total. The van der Waals surface area contributed by atoms with E-state index in [1.807, 2.05) is 0 Å². The van der Waals surface area contributed by atoms with Crippen molar-refractivity contribution in [3.8, 4) is 0 Å². The lowest BCUT2D eigenvalue weighted by Crippen LogP contribution is -2.13. The molecule has 0 saturated heterocycles. The molecule has 0 aromatic heterocycles. The third-order valence-electron chi connectivity index (χ3n) is 2.12. The van der Waals surface area contributed by atoms with Gasteiger partial charge in [0.25, 0.3) is 0 Å². The van der Waals surface area contributed by atoms with E-state index in [4.69, 9.17) is 4.74 Å². The Hall–Kier alpha value is -0.740. The topological polar surface area (TPSA) is 26.3 Å². The molecule has 1 unspecified atom stereocenters. The number of ketones is 1. The van der Waals surface area contributed by atoms with Gasteiger partial charge in [-0.3, -0.25) is 4.79 Å². The molecule has 0 saturated carbocycles. The Morgan fingerprint density at radius 3 is 2.73 bits per heavy atom. The molecule has 0 aliphatic carbocycles. The van der Waals surface area contributed by atoms with E-state index < -0.39 is 6.10 Å². The summed E-state index contributed by atoms with van der Waals surface area (Å²) in [5.74, 6) is -0.367. The lowest BCUT2D eigenvalue weighted by Gasteiger charge is -2.13. The average molecular weight is 275 g/mol. The van der Waals surface area contributed by atoms with Crippen molar-refractivity contribution in [3.05, 3.63) is 34.1 Å². The largest absolute Gasteiger partial charge is 0.369 e. The van der Waals surface area contributed by atoms with Crippen molar-refractivity contribution >= 4 is 21.7 Å². The molecule has 1 aromatic carbocycles. The van der Waals surface area contributed by atoms with Gasteiger partial charge in [-0.1, -0.05) is 13.0 Å². The second-order valence-corrected chi connectivity index (χ2v) is 3.96. The first-order valence-corrected chi connectivity index (χ1v) is 5.40. The van der Waals surface area contributed by atoms with Crippen molar-refractivity contribution in [3.63, 3.8) is 0 Å². The fourth-order valence-electron chi connectivity index (χ4n) is 1.31. The summed E-state index contributed by atoms with van der Waals surface area (Å²) in [6.45, 7) is 1.77. The Morgan fingerprint density at radius 2 is 2.27 bits per heavy atom. The number of benzene rings is 1. The number of Topliss-reactive ketones (excluding diaryl/α,β-unsaturated/α-hetero) is 1. The summed E-state index contributed by atoms with van der Waals surface area (Å²) in [7, 11) is 1.47. The molecule has 82 valence electrons. The van der Waals surface area contributed by atoms with Crippen LogP contribution in [0.4, 0.5) is 4.39 Å². The van der Waals surface area contributed by atoms with E-state index in [2.05, 4.69) is 15.9 Å². The third-order valence-corrected chi connectivity index (χ3v) is 2.73. The Kier molecular flexibility index (Phi) is 4.42. The molecule has 0 spiro atoms. The molecule has 0 aliphatic rings. The van der Waals surface area contributed by atoms with Gasteiger partial charge in [0.2, 0.25) is 0 Å². The first-order valence-electron chi connectivity index (χ1n) is 4.60. The highest BCUT2D eigenvalue weighted by Crippen LogP contribution is 2.24. The summed E-state index contributed by atoms with van der Waals surface area (Å²) in [5, 5.41) is 0. The molecule has 0 amide bonds. The van der Waals surface area contributed by atoms with E-state index >= 15 is 0 Å². The quantitative estimate of drug-likeness (QED) is 0.843. The van der Waals surface area contributed by atoms with Crippen molar-refractivity contribution in [1.29, 1.82) is 0 Å². The van der Waals surface area contributed by atoms with Crippen LogP contribution in [0.3, 0.4) is 0 Å². The summed E-state index contributed by atoms with van der Waals surface area (Å²) >= 11 is 3.07. The summed E-state index contributed by atoms with van der Waals surface area (Å²) in [4.78, 5) is 11.5. The Balaban J connectivity index is 3.02. The molecule has 0 aliphatic heterocycles. The third kappa shape index (κ3) is 2.86. The van der Waals surface area contributed by atoms with Crippen LogP contribution < -0.4 is 0 Å². The highest BCUT2D eigenvalue weighted by molar-refractivity contribution is 9.10. The summed E-state index contributed by atoms with van der Waals surface area (Å²) < 4.78 is 18.4. The van der Waals surface area contributed by atoms with Crippen LogP contribution in [0.15, 0.2) is 22.7 Å². The van der Waals surface area contributed by atoms with Crippen LogP contribution in [-0.2, 0) is 9.53 Å². The standard InChI is InChI=1S/C11H12BrFO2/c1-3-10(14)11(15-2)7-4-5-9(13)8(12)6-7/h4-6,11H,3H2,1-2H3. The molecule has 4 heteroatoms.